The highest BCUT2D eigenvalue weighted by Gasteiger charge is 2.28. The summed E-state index contributed by atoms with van der Waals surface area (Å²) in [5.74, 6) is 1.92. The van der Waals surface area contributed by atoms with Crippen LogP contribution in [0.2, 0.25) is 0 Å². The summed E-state index contributed by atoms with van der Waals surface area (Å²) < 4.78 is 13.8. The first-order valence-corrected chi connectivity index (χ1v) is 9.05. The molecule has 7 nitrogen and oxygen atoms in total. The van der Waals surface area contributed by atoms with Crippen LogP contribution in [0.15, 0.2) is 40.2 Å². The molecular weight excluding hydrogens is 406 g/mol. The molecule has 1 N–H and O–H groups in total. The van der Waals surface area contributed by atoms with Crippen molar-refractivity contribution < 1.29 is 9.47 Å². The maximum absolute atomic E-state index is 5.60. The number of benzene rings is 1. The third kappa shape index (κ3) is 2.79. The van der Waals surface area contributed by atoms with Gasteiger partial charge in [-0.1, -0.05) is 17.2 Å². The number of halogens is 1. The van der Waals surface area contributed by atoms with Crippen molar-refractivity contribution in [1.29, 1.82) is 0 Å². The van der Waals surface area contributed by atoms with Crippen molar-refractivity contribution in [3.63, 3.8) is 0 Å². The van der Waals surface area contributed by atoms with Crippen molar-refractivity contribution >= 4 is 38.9 Å². The molecule has 0 spiro atoms. The highest BCUT2D eigenvalue weighted by molar-refractivity contribution is 9.11. The lowest BCUT2D eigenvalue weighted by molar-refractivity contribution is 0.348. The van der Waals surface area contributed by atoms with Gasteiger partial charge in [-0.3, -0.25) is 0 Å². The second kappa shape index (κ2) is 6.49. The van der Waals surface area contributed by atoms with Crippen molar-refractivity contribution in [1.82, 2.24) is 20.2 Å². The topological polar surface area (TPSA) is 74.1 Å². The molecule has 3 heterocycles. The summed E-state index contributed by atoms with van der Waals surface area (Å²) >= 11 is 5.14. The molecule has 0 bridgehead atoms. The molecule has 0 fully saturated rings. The summed E-state index contributed by atoms with van der Waals surface area (Å²) in [7, 11) is 3.25. The first-order chi connectivity index (χ1) is 12.2. The van der Waals surface area contributed by atoms with E-state index in [1.165, 1.54) is 0 Å². The maximum Gasteiger partial charge on any atom is 0.248 e. The van der Waals surface area contributed by atoms with E-state index in [0.29, 0.717) is 17.4 Å². The van der Waals surface area contributed by atoms with Gasteiger partial charge in [0.25, 0.3) is 0 Å². The molecule has 1 aliphatic rings. The quantitative estimate of drug-likeness (QED) is 0.696. The summed E-state index contributed by atoms with van der Waals surface area (Å²) in [5.41, 5.74) is 1.87. The van der Waals surface area contributed by atoms with E-state index in [4.69, 9.17) is 9.47 Å². The Hall–Kier alpha value is -2.39. The van der Waals surface area contributed by atoms with E-state index in [9.17, 15) is 0 Å². The fraction of sp³-hybridized carbons (Fsp3) is 0.188. The van der Waals surface area contributed by atoms with Crippen molar-refractivity contribution in [2.24, 2.45) is 0 Å². The van der Waals surface area contributed by atoms with Crippen molar-refractivity contribution in [2.45, 2.75) is 6.04 Å². The Labute approximate surface area is 156 Å². The standard InChI is InChI=1S/C16H14BrN5O2S/c1-23-12-5-3-4-9(15(12)24-2)11-8-10(13-6-7-14(17)25-13)18-16-19-20-21-22(11)16/h3-8,11H,1-2H3,(H,18,19,21). The number of fused-ring (bicyclic) bond motifs is 1. The number of aromatic nitrogens is 4. The summed E-state index contributed by atoms with van der Waals surface area (Å²) in [6.07, 6.45) is 2.08. The fourth-order valence-electron chi connectivity index (χ4n) is 2.82. The summed E-state index contributed by atoms with van der Waals surface area (Å²) in [6, 6.07) is 9.63. The monoisotopic (exact) mass is 419 g/mol. The van der Waals surface area contributed by atoms with E-state index in [-0.39, 0.29) is 6.04 Å². The Morgan fingerprint density at radius 3 is 2.80 bits per heavy atom. The molecule has 9 heteroatoms. The van der Waals surface area contributed by atoms with Crippen LogP contribution in [0.5, 0.6) is 11.5 Å². The molecule has 1 unspecified atom stereocenters. The van der Waals surface area contributed by atoms with Crippen LogP contribution in [0.4, 0.5) is 5.95 Å². The minimum atomic E-state index is -0.216. The van der Waals surface area contributed by atoms with E-state index < -0.39 is 0 Å². The molecule has 1 atom stereocenters. The van der Waals surface area contributed by atoms with Gasteiger partial charge in [0.15, 0.2) is 11.5 Å². The van der Waals surface area contributed by atoms with Gasteiger partial charge in [0, 0.05) is 5.56 Å². The molecular formula is C16H14BrN5O2S. The van der Waals surface area contributed by atoms with E-state index in [2.05, 4.69) is 42.8 Å². The molecule has 25 heavy (non-hydrogen) atoms. The van der Waals surface area contributed by atoms with Gasteiger partial charge in [-0.15, -0.1) is 11.3 Å². The van der Waals surface area contributed by atoms with Gasteiger partial charge >= 0.3 is 0 Å². The molecule has 1 aromatic carbocycles. The Morgan fingerprint density at radius 2 is 2.08 bits per heavy atom. The molecule has 4 rings (SSSR count). The van der Waals surface area contributed by atoms with Gasteiger partial charge in [-0.05, 0) is 50.6 Å². The van der Waals surface area contributed by atoms with Crippen LogP contribution in [0.1, 0.15) is 16.5 Å². The lowest BCUT2D eigenvalue weighted by atomic mass is 10.0. The second-order valence-corrected chi connectivity index (χ2v) is 7.75. The second-order valence-electron chi connectivity index (χ2n) is 5.28. The smallest absolute Gasteiger partial charge is 0.248 e. The zero-order valence-electron chi connectivity index (χ0n) is 13.4. The van der Waals surface area contributed by atoms with Gasteiger partial charge in [0.05, 0.1) is 28.6 Å². The predicted molar refractivity (Wildman–Crippen MR) is 99.1 cm³/mol. The first-order valence-electron chi connectivity index (χ1n) is 7.44. The molecule has 1 aliphatic heterocycles. The highest BCUT2D eigenvalue weighted by Crippen LogP contribution is 2.41. The maximum atomic E-state index is 5.60. The average Bonchev–Trinajstić information content (AvgIpc) is 3.28. The van der Waals surface area contributed by atoms with Gasteiger partial charge in [0.2, 0.25) is 5.95 Å². The first kappa shape index (κ1) is 16.1. The number of allylic oxidation sites excluding steroid dienone is 1. The fourth-order valence-corrected chi connectivity index (χ4v) is 4.19. The van der Waals surface area contributed by atoms with Crippen molar-refractivity contribution in [3.8, 4) is 11.5 Å². The molecule has 0 saturated carbocycles. The highest BCUT2D eigenvalue weighted by atomic mass is 79.9. The zero-order chi connectivity index (χ0) is 17.4. The van der Waals surface area contributed by atoms with Crippen LogP contribution in [-0.4, -0.2) is 34.4 Å². The largest absolute Gasteiger partial charge is 0.493 e. The normalized spacial score (nSPS) is 16.0. The van der Waals surface area contributed by atoms with Crippen molar-refractivity contribution in [3.05, 3.63) is 50.6 Å². The van der Waals surface area contributed by atoms with E-state index in [1.807, 2.05) is 30.3 Å². The Kier molecular flexibility index (Phi) is 4.18. The van der Waals surface area contributed by atoms with Crippen LogP contribution >= 0.6 is 27.3 Å². The van der Waals surface area contributed by atoms with E-state index in [1.54, 1.807) is 30.2 Å². The minimum absolute atomic E-state index is 0.216. The SMILES string of the molecule is COc1cccc(C2C=C(c3ccc(Br)s3)Nc3nnnn32)c1OC. The Morgan fingerprint density at radius 1 is 1.20 bits per heavy atom. The number of nitrogens with zero attached hydrogens (tertiary/aromatic N) is 4. The molecule has 3 aromatic rings. The number of methoxy groups -OCH3 is 2. The predicted octanol–water partition coefficient (Wildman–Crippen LogP) is 3.57. The summed E-state index contributed by atoms with van der Waals surface area (Å²) in [4.78, 5) is 1.09. The zero-order valence-corrected chi connectivity index (χ0v) is 15.8. The van der Waals surface area contributed by atoms with Gasteiger partial charge in [0.1, 0.15) is 6.04 Å². The number of para-hydroxylation sites is 1. The molecule has 0 aliphatic carbocycles. The van der Waals surface area contributed by atoms with Gasteiger partial charge in [-0.25, -0.2) is 0 Å². The van der Waals surface area contributed by atoms with Crippen LogP contribution in [0, 0.1) is 0 Å². The van der Waals surface area contributed by atoms with Crippen LogP contribution in [-0.2, 0) is 0 Å². The molecule has 0 amide bonds. The van der Waals surface area contributed by atoms with Gasteiger partial charge < -0.3 is 14.8 Å². The van der Waals surface area contributed by atoms with E-state index >= 15 is 0 Å². The molecule has 0 radical (unpaired) electrons. The number of rotatable bonds is 4. The number of hydrogen-bond acceptors (Lipinski definition) is 7. The number of thiophene rings is 1. The number of ether oxygens (including phenoxy) is 2. The van der Waals surface area contributed by atoms with Crippen LogP contribution < -0.4 is 14.8 Å². The van der Waals surface area contributed by atoms with E-state index in [0.717, 1.165) is 19.9 Å². The minimum Gasteiger partial charge on any atom is -0.493 e. The van der Waals surface area contributed by atoms with Crippen molar-refractivity contribution in [2.75, 3.05) is 19.5 Å². The summed E-state index contributed by atoms with van der Waals surface area (Å²) in [5, 5.41) is 15.3. The van der Waals surface area contributed by atoms with Crippen LogP contribution in [0.3, 0.4) is 0 Å². The molecule has 0 saturated heterocycles. The third-order valence-corrected chi connectivity index (χ3v) is 5.57. The lowest BCUT2D eigenvalue weighted by Crippen LogP contribution is -2.20. The molecule has 128 valence electrons. The Balaban J connectivity index is 1.87. The third-order valence-electron chi connectivity index (χ3n) is 3.92. The number of anilines is 1. The number of hydrogen-bond donors (Lipinski definition) is 1. The number of nitrogens with one attached hydrogen (secondary N) is 1. The lowest BCUT2D eigenvalue weighted by Gasteiger charge is -2.24. The Bertz CT molecular complexity index is 952. The number of tetrazole rings is 1. The van der Waals surface area contributed by atoms with Gasteiger partial charge in [-0.2, -0.15) is 4.68 Å². The molecule has 2 aromatic heterocycles. The average molecular weight is 420 g/mol. The van der Waals surface area contributed by atoms with Crippen LogP contribution in [0.25, 0.3) is 5.70 Å². The summed E-state index contributed by atoms with van der Waals surface area (Å²) in [6.45, 7) is 0.